The minimum Gasteiger partial charge on any atom is -0.351 e. The fraction of sp³-hybridized carbons (Fsp3) is 0.444. The maximum Gasteiger partial charge on any atom is 0.267 e. The van der Waals surface area contributed by atoms with Gasteiger partial charge in [-0.05, 0) is 12.5 Å². The molecule has 0 saturated carbocycles. The van der Waals surface area contributed by atoms with Crippen LogP contribution in [0.25, 0.3) is 0 Å². The number of amides is 1. The molecule has 90 valence electrons. The lowest BCUT2D eigenvalue weighted by Gasteiger charge is -2.03. The molecule has 1 aromatic rings. The fourth-order valence-electron chi connectivity index (χ4n) is 1.22. The number of aromatic nitrogens is 1. The number of aryl methyl sites for hydroxylation is 1. The van der Waals surface area contributed by atoms with Crippen molar-refractivity contribution in [1.29, 1.82) is 0 Å². The van der Waals surface area contributed by atoms with Crippen molar-refractivity contribution in [3.8, 4) is 0 Å². The van der Waals surface area contributed by atoms with E-state index in [9.17, 15) is 13.2 Å². The zero-order valence-corrected chi connectivity index (χ0v) is 10.6. The van der Waals surface area contributed by atoms with Gasteiger partial charge < -0.3 is 9.88 Å². The molecule has 1 aromatic heterocycles. The first-order chi connectivity index (χ1) is 7.36. The van der Waals surface area contributed by atoms with E-state index in [2.05, 4.69) is 5.32 Å². The highest BCUT2D eigenvalue weighted by molar-refractivity contribution is 8.13. The van der Waals surface area contributed by atoms with E-state index in [1.165, 1.54) is 16.8 Å². The average molecular weight is 265 g/mol. The Morgan fingerprint density at radius 2 is 2.19 bits per heavy atom. The lowest BCUT2D eigenvalue weighted by Crippen LogP contribution is -2.25. The maximum atomic E-state index is 11.6. The molecule has 0 fully saturated rings. The van der Waals surface area contributed by atoms with E-state index < -0.39 is 9.05 Å². The zero-order valence-electron chi connectivity index (χ0n) is 9.03. The van der Waals surface area contributed by atoms with Gasteiger partial charge in [-0.25, -0.2) is 8.42 Å². The number of hydrogen-bond donors (Lipinski definition) is 1. The number of nitrogens with one attached hydrogen (secondary N) is 1. The molecule has 1 amide bonds. The van der Waals surface area contributed by atoms with Crippen molar-refractivity contribution in [2.75, 3.05) is 6.54 Å². The summed E-state index contributed by atoms with van der Waals surface area (Å²) >= 11 is 0. The lowest BCUT2D eigenvalue weighted by atomic mass is 10.4. The van der Waals surface area contributed by atoms with Crippen molar-refractivity contribution < 1.29 is 13.2 Å². The summed E-state index contributed by atoms with van der Waals surface area (Å²) in [6.45, 7) is 2.48. The molecule has 1 heterocycles. The predicted molar refractivity (Wildman–Crippen MR) is 61.1 cm³/mol. The van der Waals surface area contributed by atoms with Gasteiger partial charge >= 0.3 is 0 Å². The van der Waals surface area contributed by atoms with Gasteiger partial charge in [0.2, 0.25) is 0 Å². The molecule has 5 nitrogen and oxygen atoms in total. The summed E-state index contributed by atoms with van der Waals surface area (Å²) in [5.74, 6) is -0.309. The lowest BCUT2D eigenvalue weighted by molar-refractivity contribution is 0.0945. The van der Waals surface area contributed by atoms with Gasteiger partial charge in [-0.15, -0.1) is 0 Å². The first kappa shape index (κ1) is 13.1. The number of hydrogen-bond acceptors (Lipinski definition) is 3. The molecule has 0 saturated heterocycles. The number of carbonyl (C=O) groups is 1. The summed E-state index contributed by atoms with van der Waals surface area (Å²) in [7, 11) is 2.98. The second-order valence-electron chi connectivity index (χ2n) is 3.37. The van der Waals surface area contributed by atoms with Crippen molar-refractivity contribution in [3.63, 3.8) is 0 Å². The molecule has 7 heteroatoms. The van der Waals surface area contributed by atoms with Crippen LogP contribution in [-0.2, 0) is 16.1 Å². The van der Waals surface area contributed by atoms with Crippen LogP contribution < -0.4 is 5.32 Å². The number of carbonyl (C=O) groups excluding carboxylic acids is 1. The van der Waals surface area contributed by atoms with Gasteiger partial charge in [0.25, 0.3) is 15.0 Å². The van der Waals surface area contributed by atoms with Crippen molar-refractivity contribution in [2.45, 2.75) is 18.2 Å². The Balaban J connectivity index is 2.99. The van der Waals surface area contributed by atoms with Gasteiger partial charge in [-0.1, -0.05) is 6.92 Å². The maximum absolute atomic E-state index is 11.6. The Morgan fingerprint density at radius 1 is 1.56 bits per heavy atom. The van der Waals surface area contributed by atoms with Crippen molar-refractivity contribution in [1.82, 2.24) is 9.88 Å². The van der Waals surface area contributed by atoms with E-state index in [0.717, 1.165) is 6.42 Å². The summed E-state index contributed by atoms with van der Waals surface area (Å²) < 4.78 is 23.5. The third-order valence-electron chi connectivity index (χ3n) is 2.03. The van der Waals surface area contributed by atoms with E-state index in [1.807, 2.05) is 6.92 Å². The molecule has 16 heavy (non-hydrogen) atoms. The Kier molecular flexibility index (Phi) is 3.98. The number of rotatable bonds is 4. The van der Waals surface area contributed by atoms with E-state index in [4.69, 9.17) is 10.7 Å². The van der Waals surface area contributed by atoms with Crippen molar-refractivity contribution >= 4 is 25.6 Å². The monoisotopic (exact) mass is 264 g/mol. The van der Waals surface area contributed by atoms with Crippen LogP contribution in [0, 0.1) is 0 Å². The second-order valence-corrected chi connectivity index (χ2v) is 5.93. The van der Waals surface area contributed by atoms with Crippen LogP contribution in [0.15, 0.2) is 17.2 Å². The van der Waals surface area contributed by atoms with E-state index in [-0.39, 0.29) is 16.5 Å². The summed E-state index contributed by atoms with van der Waals surface area (Å²) in [4.78, 5) is 11.5. The van der Waals surface area contributed by atoms with Crippen LogP contribution in [0.1, 0.15) is 23.8 Å². The molecular weight excluding hydrogens is 252 g/mol. The average Bonchev–Trinajstić information content (AvgIpc) is 2.56. The second kappa shape index (κ2) is 4.88. The van der Waals surface area contributed by atoms with Gasteiger partial charge in [0.05, 0.1) is 0 Å². The highest BCUT2D eigenvalue weighted by Crippen LogP contribution is 2.17. The summed E-state index contributed by atoms with van der Waals surface area (Å²) in [6, 6.07) is 1.26. The van der Waals surface area contributed by atoms with Crippen LogP contribution in [0.3, 0.4) is 0 Å². The summed E-state index contributed by atoms with van der Waals surface area (Å²) in [5, 5.41) is 2.66. The molecule has 0 aliphatic rings. The van der Waals surface area contributed by atoms with Gasteiger partial charge in [-0.3, -0.25) is 4.79 Å². The molecule has 0 aliphatic carbocycles. The Bertz CT molecular complexity index is 493. The molecule has 1 N–H and O–H groups in total. The van der Waals surface area contributed by atoms with Gasteiger partial charge in [0, 0.05) is 30.5 Å². The minimum atomic E-state index is -3.79. The van der Waals surface area contributed by atoms with Gasteiger partial charge in [-0.2, -0.15) is 0 Å². The van der Waals surface area contributed by atoms with Crippen LogP contribution in [0.2, 0.25) is 0 Å². The fourth-order valence-corrected chi connectivity index (χ4v) is 2.01. The Hall–Kier alpha value is -1.01. The molecule has 0 radical (unpaired) electrons. The molecule has 0 aromatic carbocycles. The third kappa shape index (κ3) is 2.99. The molecule has 0 atom stereocenters. The zero-order chi connectivity index (χ0) is 12.3. The Labute approximate surface area is 98.8 Å². The largest absolute Gasteiger partial charge is 0.351 e. The SMILES string of the molecule is CCCNC(=O)c1cc(S(=O)(=O)Cl)cn1C. The van der Waals surface area contributed by atoms with E-state index >= 15 is 0 Å². The minimum absolute atomic E-state index is 0.0710. The van der Waals surface area contributed by atoms with Gasteiger partial charge in [0.15, 0.2) is 0 Å². The summed E-state index contributed by atoms with van der Waals surface area (Å²) in [6.07, 6.45) is 2.13. The number of halogens is 1. The van der Waals surface area contributed by atoms with Crippen LogP contribution in [-0.4, -0.2) is 25.4 Å². The third-order valence-corrected chi connectivity index (χ3v) is 3.35. The predicted octanol–water partition coefficient (Wildman–Crippen LogP) is 1.09. The first-order valence-electron chi connectivity index (χ1n) is 4.75. The first-order valence-corrected chi connectivity index (χ1v) is 7.06. The number of nitrogens with zero attached hydrogens (tertiary/aromatic N) is 1. The van der Waals surface area contributed by atoms with Gasteiger partial charge in [0.1, 0.15) is 10.6 Å². The highest BCUT2D eigenvalue weighted by atomic mass is 35.7. The molecule has 0 aliphatic heterocycles. The summed E-state index contributed by atoms with van der Waals surface area (Å²) in [5.41, 5.74) is 0.271. The quantitative estimate of drug-likeness (QED) is 0.828. The molecular formula is C9H13ClN2O3S. The van der Waals surface area contributed by atoms with Crippen LogP contribution in [0.5, 0.6) is 0 Å². The standard InChI is InChI=1S/C9H13ClN2O3S/c1-3-4-11-9(13)8-5-7(6-12(8)2)16(10,14)15/h5-6H,3-4H2,1-2H3,(H,11,13). The Morgan fingerprint density at radius 3 is 2.62 bits per heavy atom. The molecule has 0 bridgehead atoms. The van der Waals surface area contributed by atoms with Crippen LogP contribution >= 0.6 is 10.7 Å². The molecule has 1 rings (SSSR count). The van der Waals surface area contributed by atoms with Crippen LogP contribution in [0.4, 0.5) is 0 Å². The highest BCUT2D eigenvalue weighted by Gasteiger charge is 2.17. The van der Waals surface area contributed by atoms with E-state index in [1.54, 1.807) is 7.05 Å². The normalized spacial score (nSPS) is 11.4. The van der Waals surface area contributed by atoms with Crippen molar-refractivity contribution in [2.24, 2.45) is 7.05 Å². The molecule has 0 spiro atoms. The van der Waals surface area contributed by atoms with E-state index in [0.29, 0.717) is 6.54 Å². The smallest absolute Gasteiger partial charge is 0.267 e. The topological polar surface area (TPSA) is 68.2 Å². The molecule has 0 unspecified atom stereocenters. The van der Waals surface area contributed by atoms with Crippen molar-refractivity contribution in [3.05, 3.63) is 18.0 Å².